The van der Waals surface area contributed by atoms with Gasteiger partial charge in [-0.15, -0.1) is 0 Å². The van der Waals surface area contributed by atoms with Gasteiger partial charge in [-0.05, 0) is 25.9 Å². The number of rotatable bonds is 23. The molecule has 0 rings (SSSR count). The Hall–Kier alpha value is -0.770. The van der Waals surface area contributed by atoms with Gasteiger partial charge < -0.3 is 36.2 Å². The number of carbonyl (C=O) groups is 1. The minimum atomic E-state index is -1.87. The molecule has 0 bridgehead atoms. The molecule has 4 atom stereocenters. The fourth-order valence-corrected chi connectivity index (χ4v) is 3.60. The molecule has 0 unspecified atom stereocenters. The summed E-state index contributed by atoms with van der Waals surface area (Å²) < 4.78 is 0. The van der Waals surface area contributed by atoms with E-state index in [1.807, 2.05) is 0 Å². The minimum Gasteiger partial charge on any atom is -0.394 e. The van der Waals surface area contributed by atoms with Crippen LogP contribution in [0.5, 0.6) is 0 Å². The van der Waals surface area contributed by atoms with Gasteiger partial charge in [0, 0.05) is 6.54 Å². The van der Waals surface area contributed by atoms with Crippen LogP contribution in [-0.2, 0) is 4.79 Å². The lowest BCUT2D eigenvalue weighted by Gasteiger charge is -2.24. The molecular formula is C24H50N2O6. The second-order valence-corrected chi connectivity index (χ2v) is 8.81. The maximum absolute atomic E-state index is 11.8. The molecule has 32 heavy (non-hydrogen) atoms. The van der Waals surface area contributed by atoms with E-state index >= 15 is 0 Å². The first-order chi connectivity index (χ1) is 15.5. The molecule has 8 nitrogen and oxygen atoms in total. The zero-order valence-electron chi connectivity index (χ0n) is 20.2. The number of unbranched alkanes of at least 4 members (excludes halogenated alkanes) is 12. The van der Waals surface area contributed by atoms with E-state index in [1.54, 1.807) is 0 Å². The Morgan fingerprint density at radius 1 is 0.656 bits per heavy atom. The number of amides is 1. The molecular weight excluding hydrogens is 412 g/mol. The van der Waals surface area contributed by atoms with Crippen LogP contribution in [0.25, 0.3) is 0 Å². The first-order valence-electron chi connectivity index (χ1n) is 12.8. The smallest absolute Gasteiger partial charge is 0.251 e. The maximum Gasteiger partial charge on any atom is 0.251 e. The van der Waals surface area contributed by atoms with E-state index in [0.29, 0.717) is 13.0 Å². The van der Waals surface area contributed by atoms with Crippen molar-refractivity contribution in [2.75, 3.05) is 26.2 Å². The van der Waals surface area contributed by atoms with E-state index in [9.17, 15) is 25.2 Å². The van der Waals surface area contributed by atoms with Gasteiger partial charge in [-0.1, -0.05) is 84.0 Å². The fraction of sp³-hybridized carbons (Fsp3) is 0.958. The highest BCUT2D eigenvalue weighted by Gasteiger charge is 2.33. The second kappa shape index (κ2) is 22.0. The summed E-state index contributed by atoms with van der Waals surface area (Å²) in [5.74, 6) is -0.821. The average molecular weight is 463 g/mol. The van der Waals surface area contributed by atoms with Gasteiger partial charge in [-0.3, -0.25) is 4.79 Å². The lowest BCUT2D eigenvalue weighted by molar-refractivity contribution is -0.148. The van der Waals surface area contributed by atoms with E-state index in [1.165, 1.54) is 77.0 Å². The van der Waals surface area contributed by atoms with Gasteiger partial charge in [0.1, 0.15) is 18.3 Å². The van der Waals surface area contributed by atoms with Crippen LogP contribution in [0.15, 0.2) is 0 Å². The predicted octanol–water partition coefficient (Wildman–Crippen LogP) is 1.61. The van der Waals surface area contributed by atoms with Crippen molar-refractivity contribution in [1.82, 2.24) is 10.6 Å². The Morgan fingerprint density at radius 3 is 1.62 bits per heavy atom. The van der Waals surface area contributed by atoms with Crippen LogP contribution in [0, 0.1) is 0 Å². The van der Waals surface area contributed by atoms with Crippen molar-refractivity contribution in [3.05, 3.63) is 0 Å². The molecule has 7 N–H and O–H groups in total. The van der Waals surface area contributed by atoms with E-state index in [-0.39, 0.29) is 0 Å². The highest BCUT2D eigenvalue weighted by atomic mass is 16.4. The summed E-state index contributed by atoms with van der Waals surface area (Å²) in [4.78, 5) is 11.8. The molecule has 192 valence electrons. The molecule has 0 heterocycles. The summed E-state index contributed by atoms with van der Waals surface area (Å²) in [7, 11) is 0. The number of hydrogen-bond acceptors (Lipinski definition) is 7. The Morgan fingerprint density at radius 2 is 1.12 bits per heavy atom. The SMILES string of the molecule is CCCCCCCCCCCCCCCNCCCNC(=O)[C@H](O)[C@@H](O)[C@H](O)[C@H](O)CO. The molecule has 0 spiro atoms. The highest BCUT2D eigenvalue weighted by Crippen LogP contribution is 2.12. The molecule has 0 aliphatic carbocycles. The van der Waals surface area contributed by atoms with E-state index in [2.05, 4.69) is 17.6 Å². The van der Waals surface area contributed by atoms with Gasteiger partial charge in [-0.2, -0.15) is 0 Å². The Balaban J connectivity index is 3.42. The third kappa shape index (κ3) is 16.8. The lowest BCUT2D eigenvalue weighted by Crippen LogP contribution is -2.51. The summed E-state index contributed by atoms with van der Waals surface area (Å²) in [6.45, 7) is 3.48. The van der Waals surface area contributed by atoms with Crippen LogP contribution in [0.4, 0.5) is 0 Å². The Kier molecular flexibility index (Phi) is 21.5. The predicted molar refractivity (Wildman–Crippen MR) is 127 cm³/mol. The molecule has 0 aromatic rings. The summed E-state index contributed by atoms with van der Waals surface area (Å²) in [6, 6.07) is 0. The summed E-state index contributed by atoms with van der Waals surface area (Å²) in [6.07, 6.45) is 10.9. The number of carbonyl (C=O) groups excluding carboxylic acids is 1. The average Bonchev–Trinajstić information content (AvgIpc) is 2.81. The van der Waals surface area contributed by atoms with E-state index < -0.39 is 36.9 Å². The maximum atomic E-state index is 11.8. The van der Waals surface area contributed by atoms with Crippen molar-refractivity contribution in [1.29, 1.82) is 0 Å². The van der Waals surface area contributed by atoms with Gasteiger partial charge in [0.05, 0.1) is 6.61 Å². The molecule has 0 aliphatic heterocycles. The summed E-state index contributed by atoms with van der Waals surface area (Å²) in [5, 5.41) is 52.7. The third-order valence-electron chi connectivity index (χ3n) is 5.81. The third-order valence-corrected chi connectivity index (χ3v) is 5.81. The summed E-state index contributed by atoms with van der Waals surface area (Å²) in [5.41, 5.74) is 0. The van der Waals surface area contributed by atoms with Crippen molar-refractivity contribution in [3.8, 4) is 0 Å². The Labute approximate surface area is 194 Å². The zero-order valence-corrected chi connectivity index (χ0v) is 20.2. The van der Waals surface area contributed by atoms with Crippen LogP contribution < -0.4 is 10.6 Å². The standard InChI is InChI=1S/C24H50N2O6/c1-2-3-4-5-6-7-8-9-10-11-12-13-14-16-25-17-15-18-26-24(32)23(31)22(30)21(29)20(28)19-27/h20-23,25,27-31H,2-19H2,1H3,(H,26,32)/t20-,21-,22+,23-/m1/s1. The number of aliphatic hydroxyl groups excluding tert-OH is 5. The van der Waals surface area contributed by atoms with Gasteiger partial charge in [0.25, 0.3) is 5.91 Å². The van der Waals surface area contributed by atoms with E-state index in [0.717, 1.165) is 19.5 Å². The van der Waals surface area contributed by atoms with Crippen molar-refractivity contribution >= 4 is 5.91 Å². The number of aliphatic hydroxyl groups is 5. The zero-order chi connectivity index (χ0) is 24.0. The molecule has 1 amide bonds. The molecule has 0 aliphatic rings. The number of nitrogens with one attached hydrogen (secondary N) is 2. The molecule has 0 saturated carbocycles. The van der Waals surface area contributed by atoms with Crippen LogP contribution in [0.1, 0.15) is 96.8 Å². The van der Waals surface area contributed by atoms with Gasteiger partial charge in [0.15, 0.2) is 6.10 Å². The summed E-state index contributed by atoms with van der Waals surface area (Å²) >= 11 is 0. The van der Waals surface area contributed by atoms with Gasteiger partial charge in [0.2, 0.25) is 0 Å². The fourth-order valence-electron chi connectivity index (χ4n) is 3.60. The van der Waals surface area contributed by atoms with Crippen LogP contribution in [-0.4, -0.2) is 82.1 Å². The largest absolute Gasteiger partial charge is 0.394 e. The molecule has 0 aromatic heterocycles. The minimum absolute atomic E-state index is 0.326. The number of hydrogen-bond donors (Lipinski definition) is 7. The monoisotopic (exact) mass is 462 g/mol. The van der Waals surface area contributed by atoms with Crippen LogP contribution in [0.3, 0.4) is 0 Å². The second-order valence-electron chi connectivity index (χ2n) is 8.81. The molecule has 0 aromatic carbocycles. The Bertz CT molecular complexity index is 427. The quantitative estimate of drug-likeness (QED) is 0.114. The molecule has 0 saturated heterocycles. The van der Waals surface area contributed by atoms with Crippen molar-refractivity contribution in [3.63, 3.8) is 0 Å². The van der Waals surface area contributed by atoms with E-state index in [4.69, 9.17) is 5.11 Å². The topological polar surface area (TPSA) is 142 Å². The normalized spacial score (nSPS) is 15.3. The van der Waals surface area contributed by atoms with Crippen molar-refractivity contribution in [2.45, 2.75) is 121 Å². The lowest BCUT2D eigenvalue weighted by atomic mass is 10.0. The van der Waals surface area contributed by atoms with Crippen LogP contribution in [0.2, 0.25) is 0 Å². The van der Waals surface area contributed by atoms with Gasteiger partial charge in [-0.25, -0.2) is 0 Å². The highest BCUT2D eigenvalue weighted by molar-refractivity contribution is 5.81. The van der Waals surface area contributed by atoms with Crippen molar-refractivity contribution in [2.24, 2.45) is 0 Å². The van der Waals surface area contributed by atoms with Gasteiger partial charge >= 0.3 is 0 Å². The molecule has 8 heteroatoms. The first kappa shape index (κ1) is 31.2. The first-order valence-corrected chi connectivity index (χ1v) is 12.8. The molecule has 0 radical (unpaired) electrons. The van der Waals surface area contributed by atoms with Crippen LogP contribution >= 0.6 is 0 Å². The molecule has 0 fully saturated rings. The van der Waals surface area contributed by atoms with Crippen molar-refractivity contribution < 1.29 is 30.3 Å².